The number of aromatic hydroxyl groups is 2. The van der Waals surface area contributed by atoms with E-state index in [2.05, 4.69) is 21.3 Å². The minimum absolute atomic E-state index is 0.0515. The van der Waals surface area contributed by atoms with Gasteiger partial charge in [0.2, 0.25) is 0 Å². The first kappa shape index (κ1) is 15.8. The van der Waals surface area contributed by atoms with Crippen molar-refractivity contribution in [3.8, 4) is 11.5 Å². The van der Waals surface area contributed by atoms with Crippen LogP contribution in [0.3, 0.4) is 0 Å². The van der Waals surface area contributed by atoms with Crippen molar-refractivity contribution in [2.45, 2.75) is 25.3 Å². The summed E-state index contributed by atoms with van der Waals surface area (Å²) in [5.41, 5.74) is 8.98. The molecule has 2 aliphatic rings. The van der Waals surface area contributed by atoms with E-state index in [1.165, 1.54) is 19.3 Å². The summed E-state index contributed by atoms with van der Waals surface area (Å²) in [5, 5.41) is 23.5. The fraction of sp³-hybridized carbons (Fsp3) is 0.316. The summed E-state index contributed by atoms with van der Waals surface area (Å²) >= 11 is 0. The number of nitrogens with two attached hydrogens (primary N) is 1. The summed E-state index contributed by atoms with van der Waals surface area (Å²) in [5.74, 6) is 0.225. The number of rotatable bonds is 2. The molecule has 4 rings (SSSR count). The lowest BCUT2D eigenvalue weighted by atomic mass is 9.94. The van der Waals surface area contributed by atoms with Gasteiger partial charge >= 0.3 is 0 Å². The molecular formula is C19H22N4O2. The van der Waals surface area contributed by atoms with E-state index in [0.29, 0.717) is 11.5 Å². The van der Waals surface area contributed by atoms with E-state index in [1.807, 2.05) is 12.1 Å². The van der Waals surface area contributed by atoms with Crippen LogP contribution in [0.15, 0.2) is 36.5 Å². The molecule has 1 aromatic heterocycles. The van der Waals surface area contributed by atoms with E-state index in [4.69, 9.17) is 5.73 Å². The zero-order valence-corrected chi connectivity index (χ0v) is 13.9. The Hall–Kier alpha value is -2.73. The molecule has 6 heteroatoms. The Kier molecular flexibility index (Phi) is 3.97. The van der Waals surface area contributed by atoms with Crippen molar-refractivity contribution in [3.05, 3.63) is 47.7 Å². The van der Waals surface area contributed by atoms with Crippen LogP contribution in [0.4, 0.5) is 11.5 Å². The van der Waals surface area contributed by atoms with E-state index < -0.39 is 0 Å². The molecular weight excluding hydrogens is 316 g/mol. The number of likely N-dealkylation sites (tertiary alicyclic amines) is 1. The Balaban J connectivity index is 1.79. The lowest BCUT2D eigenvalue weighted by molar-refractivity contribution is 0.192. The van der Waals surface area contributed by atoms with Gasteiger partial charge in [-0.15, -0.1) is 0 Å². The molecule has 25 heavy (non-hydrogen) atoms. The van der Waals surface area contributed by atoms with Gasteiger partial charge in [-0.2, -0.15) is 0 Å². The maximum absolute atomic E-state index is 10.4. The van der Waals surface area contributed by atoms with Gasteiger partial charge in [0.25, 0.3) is 0 Å². The van der Waals surface area contributed by atoms with Crippen molar-refractivity contribution in [3.63, 3.8) is 0 Å². The van der Waals surface area contributed by atoms with Crippen molar-refractivity contribution >= 4 is 17.2 Å². The minimum atomic E-state index is -0.125. The van der Waals surface area contributed by atoms with E-state index in [9.17, 15) is 10.2 Å². The number of phenolic OH excluding ortho intramolecular Hbond substituents is 2. The molecule has 130 valence electrons. The molecule has 0 amide bonds. The first-order valence-corrected chi connectivity index (χ1v) is 8.63. The molecule has 0 aliphatic carbocycles. The normalized spacial score (nSPS) is 20.5. The van der Waals surface area contributed by atoms with Crippen molar-refractivity contribution in [1.82, 2.24) is 9.88 Å². The predicted octanol–water partition coefficient (Wildman–Crippen LogP) is 3.07. The van der Waals surface area contributed by atoms with Crippen molar-refractivity contribution in [1.29, 1.82) is 0 Å². The van der Waals surface area contributed by atoms with Gasteiger partial charge in [0.1, 0.15) is 5.82 Å². The summed E-state index contributed by atoms with van der Waals surface area (Å²) in [7, 11) is 0. The molecule has 2 aromatic rings. The van der Waals surface area contributed by atoms with Gasteiger partial charge < -0.3 is 21.3 Å². The molecule has 5 N–H and O–H groups in total. The summed E-state index contributed by atoms with van der Waals surface area (Å²) in [6.45, 7) is 2.05. The maximum Gasteiger partial charge on any atom is 0.181 e. The molecule has 3 heterocycles. The molecule has 1 aromatic carbocycles. The zero-order chi connectivity index (χ0) is 17.4. The van der Waals surface area contributed by atoms with Crippen LogP contribution in [-0.2, 0) is 0 Å². The van der Waals surface area contributed by atoms with Gasteiger partial charge in [-0.3, -0.25) is 4.90 Å². The number of fused-ring (bicyclic) bond motifs is 1. The summed E-state index contributed by atoms with van der Waals surface area (Å²) < 4.78 is 0. The molecule has 1 fully saturated rings. The lowest BCUT2D eigenvalue weighted by Gasteiger charge is -2.37. The fourth-order valence-electron chi connectivity index (χ4n) is 3.63. The highest BCUT2D eigenvalue weighted by Gasteiger charge is 2.29. The number of pyridine rings is 1. The van der Waals surface area contributed by atoms with Gasteiger partial charge in [0.05, 0.1) is 11.7 Å². The third-order valence-electron chi connectivity index (χ3n) is 4.97. The van der Waals surface area contributed by atoms with E-state index in [0.717, 1.165) is 29.9 Å². The van der Waals surface area contributed by atoms with Gasteiger partial charge in [-0.05, 0) is 50.2 Å². The quantitative estimate of drug-likeness (QED) is 0.629. The highest BCUT2D eigenvalue weighted by atomic mass is 16.3. The van der Waals surface area contributed by atoms with Gasteiger partial charge in [0, 0.05) is 23.0 Å². The standard InChI is InChI=1S/C19H22N4O2/c20-17-7-4-12(11-21-17)14-10-15(23-8-2-1-3-9-23)13-5-6-16(24)19(25)18(13)22-14/h4-7,10-11,15,22,24-25H,1-3,8-9H2,(H2,20,21). The predicted molar refractivity (Wildman–Crippen MR) is 98.2 cm³/mol. The largest absolute Gasteiger partial charge is 0.504 e. The molecule has 0 spiro atoms. The topological polar surface area (TPSA) is 94.6 Å². The van der Waals surface area contributed by atoms with Crippen LogP contribution >= 0.6 is 0 Å². The van der Waals surface area contributed by atoms with Crippen LogP contribution in [0.5, 0.6) is 11.5 Å². The average Bonchev–Trinajstić information content (AvgIpc) is 2.65. The molecule has 1 atom stereocenters. The third-order valence-corrected chi connectivity index (χ3v) is 4.97. The van der Waals surface area contributed by atoms with Crippen molar-refractivity contribution in [2.24, 2.45) is 0 Å². The average molecular weight is 338 g/mol. The number of hydrogen-bond acceptors (Lipinski definition) is 6. The maximum atomic E-state index is 10.4. The Morgan fingerprint density at radius 3 is 2.60 bits per heavy atom. The number of nitrogen functional groups attached to an aromatic ring is 1. The summed E-state index contributed by atoms with van der Waals surface area (Å²) in [6, 6.07) is 7.14. The Morgan fingerprint density at radius 1 is 1.08 bits per heavy atom. The fourth-order valence-corrected chi connectivity index (χ4v) is 3.63. The highest BCUT2D eigenvalue weighted by Crippen LogP contribution is 2.46. The second-order valence-electron chi connectivity index (χ2n) is 6.62. The number of nitrogens with zero attached hydrogens (tertiary/aromatic N) is 2. The Bertz CT molecular complexity index is 811. The highest BCUT2D eigenvalue weighted by molar-refractivity contribution is 5.85. The van der Waals surface area contributed by atoms with Crippen LogP contribution < -0.4 is 11.1 Å². The first-order valence-electron chi connectivity index (χ1n) is 8.63. The van der Waals surface area contributed by atoms with Crippen molar-refractivity contribution in [2.75, 3.05) is 24.1 Å². The number of hydrogen-bond donors (Lipinski definition) is 4. The molecule has 1 unspecified atom stereocenters. The van der Waals surface area contributed by atoms with Crippen molar-refractivity contribution < 1.29 is 10.2 Å². The zero-order valence-electron chi connectivity index (χ0n) is 13.9. The van der Waals surface area contributed by atoms with Gasteiger partial charge in [0.15, 0.2) is 11.5 Å². The Morgan fingerprint density at radius 2 is 1.88 bits per heavy atom. The molecule has 2 aliphatic heterocycles. The van der Waals surface area contributed by atoms with Crippen LogP contribution in [0.2, 0.25) is 0 Å². The van der Waals surface area contributed by atoms with Crippen LogP contribution in [0.1, 0.15) is 36.4 Å². The number of anilines is 2. The van der Waals surface area contributed by atoms with Gasteiger partial charge in [-0.25, -0.2) is 4.98 Å². The van der Waals surface area contributed by atoms with E-state index >= 15 is 0 Å². The number of piperidine rings is 1. The minimum Gasteiger partial charge on any atom is -0.504 e. The second kappa shape index (κ2) is 6.29. The number of nitrogens with one attached hydrogen (secondary N) is 1. The SMILES string of the molecule is Nc1ccc(C2=CC(N3CCCCC3)c3ccc(O)c(O)c3N2)cn1. The number of benzene rings is 1. The molecule has 0 bridgehead atoms. The monoisotopic (exact) mass is 338 g/mol. The molecule has 6 nitrogen and oxygen atoms in total. The first-order chi connectivity index (χ1) is 12.1. The lowest BCUT2D eigenvalue weighted by Crippen LogP contribution is -2.34. The third kappa shape index (κ3) is 2.89. The van der Waals surface area contributed by atoms with Crippen LogP contribution in [-0.4, -0.2) is 33.2 Å². The molecule has 1 saturated heterocycles. The number of phenols is 2. The van der Waals surface area contributed by atoms with E-state index in [-0.39, 0.29) is 17.5 Å². The van der Waals surface area contributed by atoms with Gasteiger partial charge in [-0.1, -0.05) is 12.5 Å². The van der Waals surface area contributed by atoms with Crippen LogP contribution in [0, 0.1) is 0 Å². The Labute approximate surface area is 146 Å². The molecule has 0 radical (unpaired) electrons. The van der Waals surface area contributed by atoms with Crippen LogP contribution in [0.25, 0.3) is 5.70 Å². The molecule has 0 saturated carbocycles. The smallest absolute Gasteiger partial charge is 0.181 e. The summed E-state index contributed by atoms with van der Waals surface area (Å²) in [4.78, 5) is 6.58. The second-order valence-corrected chi connectivity index (χ2v) is 6.62. The summed E-state index contributed by atoms with van der Waals surface area (Å²) in [6.07, 6.45) is 7.49. The van der Waals surface area contributed by atoms with E-state index in [1.54, 1.807) is 18.3 Å². The number of aromatic nitrogens is 1.